The minimum absolute atomic E-state index is 0. The SMILES string of the molecule is Cl.NC1CC2CCCC(C1)C2NC(=O)c1cccc(I)c1. The molecule has 0 saturated heterocycles. The van der Waals surface area contributed by atoms with E-state index in [4.69, 9.17) is 5.73 Å². The molecule has 1 amide bonds. The maximum Gasteiger partial charge on any atom is 0.251 e. The lowest BCUT2D eigenvalue weighted by Gasteiger charge is -2.45. The van der Waals surface area contributed by atoms with Gasteiger partial charge in [0.1, 0.15) is 0 Å². The molecule has 0 aromatic heterocycles. The molecule has 5 heteroatoms. The van der Waals surface area contributed by atoms with Crippen molar-refractivity contribution in [2.45, 2.75) is 44.2 Å². The van der Waals surface area contributed by atoms with Crippen LogP contribution < -0.4 is 11.1 Å². The van der Waals surface area contributed by atoms with Gasteiger partial charge in [0.15, 0.2) is 0 Å². The highest BCUT2D eigenvalue weighted by molar-refractivity contribution is 14.1. The summed E-state index contributed by atoms with van der Waals surface area (Å²) in [6.45, 7) is 0. The molecule has 21 heavy (non-hydrogen) atoms. The van der Waals surface area contributed by atoms with Crippen LogP contribution >= 0.6 is 35.0 Å². The van der Waals surface area contributed by atoms with Gasteiger partial charge in [-0.15, -0.1) is 12.4 Å². The first kappa shape index (κ1) is 17.0. The van der Waals surface area contributed by atoms with Gasteiger partial charge in [0.05, 0.1) is 0 Å². The van der Waals surface area contributed by atoms with Crippen molar-refractivity contribution in [2.75, 3.05) is 0 Å². The van der Waals surface area contributed by atoms with Crippen LogP contribution in [0.1, 0.15) is 42.5 Å². The van der Waals surface area contributed by atoms with Gasteiger partial charge >= 0.3 is 0 Å². The van der Waals surface area contributed by atoms with E-state index in [1.165, 1.54) is 19.3 Å². The van der Waals surface area contributed by atoms with Crippen LogP contribution in [-0.4, -0.2) is 18.0 Å². The molecule has 2 fully saturated rings. The van der Waals surface area contributed by atoms with E-state index in [0.29, 0.717) is 23.9 Å². The zero-order valence-electron chi connectivity index (χ0n) is 11.9. The van der Waals surface area contributed by atoms with Crippen molar-refractivity contribution >= 4 is 40.9 Å². The fourth-order valence-corrected chi connectivity index (χ4v) is 4.43. The molecule has 0 radical (unpaired) electrons. The lowest BCUT2D eigenvalue weighted by atomic mass is 9.67. The number of carbonyl (C=O) groups is 1. The monoisotopic (exact) mass is 420 g/mol. The number of nitrogens with one attached hydrogen (secondary N) is 1. The van der Waals surface area contributed by atoms with Crippen LogP contribution in [0.5, 0.6) is 0 Å². The highest BCUT2D eigenvalue weighted by atomic mass is 127. The molecule has 116 valence electrons. The summed E-state index contributed by atoms with van der Waals surface area (Å²) in [6, 6.07) is 8.44. The molecule has 3 rings (SSSR count). The zero-order valence-corrected chi connectivity index (χ0v) is 14.9. The van der Waals surface area contributed by atoms with Gasteiger partial charge in [0.2, 0.25) is 0 Å². The smallest absolute Gasteiger partial charge is 0.251 e. The zero-order chi connectivity index (χ0) is 14.1. The van der Waals surface area contributed by atoms with Crippen LogP contribution in [0.3, 0.4) is 0 Å². The van der Waals surface area contributed by atoms with E-state index in [0.717, 1.165) is 22.0 Å². The van der Waals surface area contributed by atoms with Crippen molar-refractivity contribution < 1.29 is 4.79 Å². The summed E-state index contributed by atoms with van der Waals surface area (Å²) < 4.78 is 1.10. The first-order valence-corrected chi connectivity index (χ1v) is 8.53. The Morgan fingerprint density at radius 1 is 1.24 bits per heavy atom. The standard InChI is InChI=1S/C16H21IN2O.ClH/c17-13-6-2-5-12(7-13)16(20)19-15-10-3-1-4-11(15)9-14(18)8-10;/h2,5-7,10-11,14-15H,1,3-4,8-9,18H2,(H,19,20);1H. The van der Waals surface area contributed by atoms with Gasteiger partial charge in [0.25, 0.3) is 5.91 Å². The van der Waals surface area contributed by atoms with Gasteiger partial charge in [-0.3, -0.25) is 4.79 Å². The molecular formula is C16H22ClIN2O. The lowest BCUT2D eigenvalue weighted by Crippen LogP contribution is -2.53. The summed E-state index contributed by atoms with van der Waals surface area (Å²) in [5.74, 6) is 1.22. The third-order valence-electron chi connectivity index (χ3n) is 4.76. The van der Waals surface area contributed by atoms with Gasteiger partial charge in [-0.25, -0.2) is 0 Å². The van der Waals surface area contributed by atoms with Crippen molar-refractivity contribution in [3.63, 3.8) is 0 Å². The number of fused-ring (bicyclic) bond motifs is 2. The number of halogens is 2. The maximum atomic E-state index is 12.4. The van der Waals surface area contributed by atoms with Crippen LogP contribution in [-0.2, 0) is 0 Å². The van der Waals surface area contributed by atoms with Crippen molar-refractivity contribution in [3.8, 4) is 0 Å². The largest absolute Gasteiger partial charge is 0.349 e. The maximum absolute atomic E-state index is 12.4. The van der Waals surface area contributed by atoms with Crippen molar-refractivity contribution in [1.29, 1.82) is 0 Å². The van der Waals surface area contributed by atoms with Crippen LogP contribution in [0.15, 0.2) is 24.3 Å². The minimum Gasteiger partial charge on any atom is -0.349 e. The third-order valence-corrected chi connectivity index (χ3v) is 5.43. The van der Waals surface area contributed by atoms with E-state index in [9.17, 15) is 4.79 Å². The average Bonchev–Trinajstić information content (AvgIpc) is 2.39. The summed E-state index contributed by atoms with van der Waals surface area (Å²) in [7, 11) is 0. The molecule has 2 bridgehead atoms. The van der Waals surface area contributed by atoms with E-state index >= 15 is 0 Å². The van der Waals surface area contributed by atoms with Crippen molar-refractivity contribution in [3.05, 3.63) is 33.4 Å². The Balaban J connectivity index is 0.00000161. The Labute approximate surface area is 146 Å². The summed E-state index contributed by atoms with van der Waals surface area (Å²) >= 11 is 2.24. The van der Waals surface area contributed by atoms with Crippen molar-refractivity contribution in [1.82, 2.24) is 5.32 Å². The number of carbonyl (C=O) groups excluding carboxylic acids is 1. The first-order chi connectivity index (χ1) is 9.63. The number of benzene rings is 1. The van der Waals surface area contributed by atoms with Crippen LogP contribution in [0, 0.1) is 15.4 Å². The number of nitrogens with two attached hydrogens (primary N) is 1. The molecule has 2 saturated carbocycles. The number of amides is 1. The summed E-state index contributed by atoms with van der Waals surface area (Å²) in [6.07, 6.45) is 5.84. The fourth-order valence-electron chi connectivity index (χ4n) is 3.89. The molecule has 1 aromatic rings. The Hall–Kier alpha value is -0.330. The molecule has 2 unspecified atom stereocenters. The predicted molar refractivity (Wildman–Crippen MR) is 95.7 cm³/mol. The Bertz CT molecular complexity index is 497. The molecule has 0 heterocycles. The Morgan fingerprint density at radius 3 is 2.52 bits per heavy atom. The minimum atomic E-state index is 0. The van der Waals surface area contributed by atoms with Gasteiger partial charge in [-0.2, -0.15) is 0 Å². The normalized spacial score (nSPS) is 31.1. The number of hydrogen-bond donors (Lipinski definition) is 2. The van der Waals surface area contributed by atoms with Gasteiger partial charge in [-0.05, 0) is 78.3 Å². The molecule has 0 spiro atoms. The number of rotatable bonds is 2. The van der Waals surface area contributed by atoms with Crippen LogP contribution in [0.25, 0.3) is 0 Å². The second kappa shape index (κ2) is 7.29. The lowest BCUT2D eigenvalue weighted by molar-refractivity contribution is 0.0756. The summed E-state index contributed by atoms with van der Waals surface area (Å²) in [5.41, 5.74) is 6.90. The van der Waals surface area contributed by atoms with E-state index < -0.39 is 0 Å². The first-order valence-electron chi connectivity index (χ1n) is 7.45. The molecule has 2 atom stereocenters. The highest BCUT2D eigenvalue weighted by Gasteiger charge is 2.39. The predicted octanol–water partition coefficient (Wildman–Crippen LogP) is 3.35. The van der Waals surface area contributed by atoms with Gasteiger partial charge in [0, 0.05) is 21.2 Å². The second-order valence-electron chi connectivity index (χ2n) is 6.19. The summed E-state index contributed by atoms with van der Waals surface area (Å²) in [4.78, 5) is 12.4. The molecule has 1 aromatic carbocycles. The van der Waals surface area contributed by atoms with E-state index in [-0.39, 0.29) is 18.3 Å². The highest BCUT2D eigenvalue weighted by Crippen LogP contribution is 2.39. The number of hydrogen-bond acceptors (Lipinski definition) is 2. The molecule has 3 N–H and O–H groups in total. The second-order valence-corrected chi connectivity index (χ2v) is 7.44. The molecule has 0 aliphatic heterocycles. The summed E-state index contributed by atoms with van der Waals surface area (Å²) in [5, 5.41) is 3.29. The Kier molecular flexibility index (Phi) is 5.91. The van der Waals surface area contributed by atoms with Crippen LogP contribution in [0.2, 0.25) is 0 Å². The molecule has 2 aliphatic carbocycles. The molecular weight excluding hydrogens is 399 g/mol. The average molecular weight is 421 g/mol. The van der Waals surface area contributed by atoms with E-state index in [1.54, 1.807) is 0 Å². The quantitative estimate of drug-likeness (QED) is 0.721. The van der Waals surface area contributed by atoms with E-state index in [1.807, 2.05) is 24.3 Å². The fraction of sp³-hybridized carbons (Fsp3) is 0.562. The van der Waals surface area contributed by atoms with Crippen molar-refractivity contribution in [2.24, 2.45) is 17.6 Å². The molecule has 3 nitrogen and oxygen atoms in total. The van der Waals surface area contributed by atoms with Gasteiger partial charge < -0.3 is 11.1 Å². The van der Waals surface area contributed by atoms with Gasteiger partial charge in [-0.1, -0.05) is 12.5 Å². The third kappa shape index (κ3) is 3.90. The molecule has 2 aliphatic rings. The van der Waals surface area contributed by atoms with Crippen LogP contribution in [0.4, 0.5) is 0 Å². The van der Waals surface area contributed by atoms with E-state index in [2.05, 4.69) is 27.9 Å². The Morgan fingerprint density at radius 2 is 1.90 bits per heavy atom. The topological polar surface area (TPSA) is 55.1 Å².